The van der Waals surface area contributed by atoms with Crippen LogP contribution in [0.4, 0.5) is 0 Å². The van der Waals surface area contributed by atoms with E-state index in [-0.39, 0.29) is 5.41 Å². The van der Waals surface area contributed by atoms with Crippen LogP contribution in [0.2, 0.25) is 0 Å². The molecule has 158 valence electrons. The van der Waals surface area contributed by atoms with Gasteiger partial charge in [-0.05, 0) is 107 Å². The van der Waals surface area contributed by atoms with Gasteiger partial charge in [0.15, 0.2) is 11.0 Å². The molecule has 0 heterocycles. The van der Waals surface area contributed by atoms with Crippen LogP contribution in [0.1, 0.15) is 77.2 Å². The number of rotatable bonds is 2. The third-order valence-electron chi connectivity index (χ3n) is 9.82. The molecule has 1 aromatic carbocycles. The molecule has 4 fully saturated rings. The van der Waals surface area contributed by atoms with E-state index in [0.717, 1.165) is 54.2 Å². The number of hydrogen-bond donors (Lipinski definition) is 1. The van der Waals surface area contributed by atoms with Gasteiger partial charge in [0, 0.05) is 11.0 Å². The summed E-state index contributed by atoms with van der Waals surface area (Å²) in [5, 5.41) is 11.7. The Morgan fingerprint density at radius 1 is 0.931 bits per heavy atom. The van der Waals surface area contributed by atoms with E-state index < -0.39 is 13.4 Å². The lowest BCUT2D eigenvalue weighted by molar-refractivity contribution is -0.0933. The van der Waals surface area contributed by atoms with E-state index in [2.05, 4.69) is 45.0 Å². The fourth-order valence-corrected chi connectivity index (χ4v) is 10.6. The van der Waals surface area contributed by atoms with Gasteiger partial charge in [-0.15, -0.1) is 0 Å². The highest BCUT2D eigenvalue weighted by Gasteiger charge is 2.62. The Bertz CT molecular complexity index is 802. The molecule has 0 radical (unpaired) electrons. The molecule has 0 amide bonds. The Labute approximate surface area is 177 Å². The van der Waals surface area contributed by atoms with Crippen molar-refractivity contribution >= 4 is 13.1 Å². The number of hydrogen-bond acceptors (Lipinski definition) is 2. The summed E-state index contributed by atoms with van der Waals surface area (Å²) in [5.41, 5.74) is 1.38. The van der Waals surface area contributed by atoms with Gasteiger partial charge in [0.25, 0.3) is 0 Å². The molecule has 1 aromatic rings. The maximum Gasteiger partial charge on any atom is 0.380 e. The molecule has 4 saturated carbocycles. The molecule has 1 unspecified atom stereocenters. The molecule has 4 aliphatic carbocycles. The van der Waals surface area contributed by atoms with Gasteiger partial charge < -0.3 is 5.11 Å². The topological polar surface area (TPSA) is 37.3 Å². The number of aryl methyl sites for hydroxylation is 1. The lowest BCUT2D eigenvalue weighted by Crippen LogP contribution is -2.50. The molecule has 0 saturated heterocycles. The molecule has 2 nitrogen and oxygen atoms in total. The Balaban J connectivity index is 1.38. The van der Waals surface area contributed by atoms with Crippen molar-refractivity contribution in [2.75, 3.05) is 0 Å². The fraction of sp³-hybridized carbons (Fsp3) is 0.769. The summed E-state index contributed by atoms with van der Waals surface area (Å²) >= 11 is 0. The second kappa shape index (κ2) is 7.16. The Hall–Kier alpha value is -0.720. The van der Waals surface area contributed by atoms with Crippen LogP contribution in [0.3, 0.4) is 0 Å². The van der Waals surface area contributed by atoms with Crippen molar-refractivity contribution in [2.45, 2.75) is 89.8 Å². The first-order valence-electron chi connectivity index (χ1n) is 12.0. The van der Waals surface area contributed by atoms with Crippen LogP contribution in [0.25, 0.3) is 0 Å². The first-order valence-corrected chi connectivity index (χ1v) is 13.4. The molecular weight excluding hydrogens is 375 g/mol. The third-order valence-corrected chi connectivity index (χ3v) is 12.2. The van der Waals surface area contributed by atoms with Gasteiger partial charge in [0.2, 0.25) is 0 Å². The van der Waals surface area contributed by atoms with Gasteiger partial charge in [-0.2, -0.15) is 0 Å². The van der Waals surface area contributed by atoms with Crippen molar-refractivity contribution in [3.05, 3.63) is 29.8 Å². The Morgan fingerprint density at radius 2 is 1.69 bits per heavy atom. The van der Waals surface area contributed by atoms with Crippen molar-refractivity contribution < 1.29 is 9.67 Å². The van der Waals surface area contributed by atoms with Gasteiger partial charge in [-0.1, -0.05) is 29.7 Å². The number of aliphatic hydroxyl groups is 1. The highest BCUT2D eigenvalue weighted by Crippen LogP contribution is 2.66. The van der Waals surface area contributed by atoms with Crippen molar-refractivity contribution in [3.63, 3.8) is 0 Å². The van der Waals surface area contributed by atoms with Gasteiger partial charge in [0.05, 0.1) is 5.60 Å². The molecule has 9 atom stereocenters. The van der Waals surface area contributed by atoms with Crippen molar-refractivity contribution in [1.82, 2.24) is 0 Å². The van der Waals surface area contributed by atoms with E-state index >= 15 is 0 Å². The number of benzene rings is 1. The van der Waals surface area contributed by atoms with Crippen LogP contribution in [0, 0.1) is 41.9 Å². The highest BCUT2D eigenvalue weighted by atomic mass is 31.1. The SMILES string of the molecule is Cc1ccccc1[P+](=O)[C@H]1CC[C@H]2[C@@H]3CC[C@@H]4C[C@](C)(O)CC[C@@H]4[C@H]3CC[C@]12C. The summed E-state index contributed by atoms with van der Waals surface area (Å²) in [6.07, 6.45) is 10.9. The predicted octanol–water partition coefficient (Wildman–Crippen LogP) is 6.22. The highest BCUT2D eigenvalue weighted by molar-refractivity contribution is 7.54. The molecule has 4 aliphatic rings. The lowest BCUT2D eigenvalue weighted by Gasteiger charge is -2.56. The van der Waals surface area contributed by atoms with E-state index in [0.29, 0.717) is 5.66 Å². The van der Waals surface area contributed by atoms with Crippen LogP contribution < -0.4 is 5.30 Å². The first kappa shape index (κ1) is 20.2. The van der Waals surface area contributed by atoms with Crippen LogP contribution in [0.15, 0.2) is 24.3 Å². The largest absolute Gasteiger partial charge is 0.390 e. The summed E-state index contributed by atoms with van der Waals surface area (Å²) in [4.78, 5) is 0. The minimum absolute atomic E-state index is 0.254. The third kappa shape index (κ3) is 3.25. The Kier molecular flexibility index (Phi) is 4.99. The van der Waals surface area contributed by atoms with Crippen molar-refractivity contribution in [2.24, 2.45) is 35.0 Å². The van der Waals surface area contributed by atoms with Crippen molar-refractivity contribution in [1.29, 1.82) is 0 Å². The second-order valence-corrected chi connectivity index (χ2v) is 13.2. The normalized spacial score (nSPS) is 47.1. The summed E-state index contributed by atoms with van der Waals surface area (Å²) < 4.78 is 13.7. The molecule has 5 rings (SSSR count). The number of fused-ring (bicyclic) bond motifs is 5. The van der Waals surface area contributed by atoms with Gasteiger partial charge in [-0.3, -0.25) is 0 Å². The maximum absolute atomic E-state index is 13.7. The van der Waals surface area contributed by atoms with Crippen LogP contribution in [0.5, 0.6) is 0 Å². The summed E-state index contributed by atoms with van der Waals surface area (Å²) in [5.74, 6) is 4.03. The van der Waals surface area contributed by atoms with Crippen molar-refractivity contribution in [3.8, 4) is 0 Å². The van der Waals surface area contributed by atoms with Gasteiger partial charge in [0.1, 0.15) is 0 Å². The molecule has 0 spiro atoms. The first-order chi connectivity index (χ1) is 13.8. The summed E-state index contributed by atoms with van der Waals surface area (Å²) in [7, 11) is -1.33. The molecule has 0 aromatic heterocycles. The molecule has 0 bridgehead atoms. The zero-order chi connectivity index (χ0) is 20.4. The zero-order valence-electron chi connectivity index (χ0n) is 18.4. The van der Waals surface area contributed by atoms with E-state index in [1.807, 2.05) is 0 Å². The lowest BCUT2D eigenvalue weighted by atomic mass is 9.50. The molecule has 3 heteroatoms. The minimum atomic E-state index is -1.33. The quantitative estimate of drug-likeness (QED) is 0.585. The average molecular weight is 414 g/mol. The van der Waals surface area contributed by atoms with Crippen LogP contribution >= 0.6 is 7.80 Å². The average Bonchev–Trinajstić information content (AvgIpc) is 3.04. The van der Waals surface area contributed by atoms with Crippen LogP contribution in [-0.2, 0) is 4.57 Å². The minimum Gasteiger partial charge on any atom is -0.390 e. The molecule has 1 N–H and O–H groups in total. The van der Waals surface area contributed by atoms with Gasteiger partial charge >= 0.3 is 7.80 Å². The summed E-state index contributed by atoms with van der Waals surface area (Å²) in [6.45, 7) is 6.67. The Morgan fingerprint density at radius 3 is 2.48 bits per heavy atom. The maximum atomic E-state index is 13.7. The van der Waals surface area contributed by atoms with E-state index in [1.54, 1.807) is 0 Å². The molecule has 0 aliphatic heterocycles. The smallest absolute Gasteiger partial charge is 0.380 e. The van der Waals surface area contributed by atoms with Gasteiger partial charge in [-0.25, -0.2) is 0 Å². The second-order valence-electron chi connectivity index (χ2n) is 11.4. The summed E-state index contributed by atoms with van der Waals surface area (Å²) in [6, 6.07) is 8.34. The predicted molar refractivity (Wildman–Crippen MR) is 120 cm³/mol. The molecule has 29 heavy (non-hydrogen) atoms. The van der Waals surface area contributed by atoms with E-state index in [4.69, 9.17) is 0 Å². The molecular formula is C26H38O2P+. The van der Waals surface area contributed by atoms with Crippen LogP contribution in [-0.4, -0.2) is 16.4 Å². The van der Waals surface area contributed by atoms with E-state index in [9.17, 15) is 9.67 Å². The zero-order valence-corrected chi connectivity index (χ0v) is 19.3. The standard InChI is InChI=1S/C26H38O2P/c1-17-6-4-5-7-23(17)29(28)24-11-10-22-21-9-8-18-16-25(2,27)14-12-19(18)20(21)13-15-26(22,24)3/h4-7,18-22,24,27H,8-16H2,1-3H3/q+1/t18-,19+,20-,21-,22+,24+,25-,26+/m1/s1. The fourth-order valence-electron chi connectivity index (χ4n) is 8.42. The van der Waals surface area contributed by atoms with E-state index in [1.165, 1.54) is 44.1 Å². The monoisotopic (exact) mass is 413 g/mol.